The van der Waals surface area contributed by atoms with Gasteiger partial charge in [-0.1, -0.05) is 0 Å². The molecule has 2 aromatic heterocycles. The number of nitrogens with zero attached hydrogens (tertiary/aromatic N) is 2. The largest absolute Gasteiger partial charge is 0.346 e. The molecular weight excluding hydrogens is 266 g/mol. The Hall–Kier alpha value is -0.870. The first kappa shape index (κ1) is 10.3. The Labute approximate surface area is 103 Å². The lowest BCUT2D eigenvalue weighted by atomic mass is 10.1. The molecule has 0 amide bonds. The first-order valence-electron chi connectivity index (χ1n) is 5.64. The molecule has 16 heavy (non-hydrogen) atoms. The van der Waals surface area contributed by atoms with Crippen LogP contribution in [0.3, 0.4) is 0 Å². The fourth-order valence-electron chi connectivity index (χ4n) is 2.37. The third-order valence-electron chi connectivity index (χ3n) is 3.24. The normalized spacial score (nSPS) is 20.7. The van der Waals surface area contributed by atoms with E-state index >= 15 is 0 Å². The number of fused-ring (bicyclic) bond motifs is 1. The minimum absolute atomic E-state index is 0.763. The van der Waals surface area contributed by atoms with Crippen molar-refractivity contribution in [1.82, 2.24) is 14.9 Å². The Balaban J connectivity index is 1.91. The summed E-state index contributed by atoms with van der Waals surface area (Å²) in [6, 6.07) is 4.23. The molecule has 1 atom stereocenters. The highest BCUT2D eigenvalue weighted by atomic mass is 79.9. The van der Waals surface area contributed by atoms with E-state index in [0.29, 0.717) is 0 Å². The smallest absolute Gasteiger partial charge is 0.106 e. The van der Waals surface area contributed by atoms with E-state index in [2.05, 4.69) is 49.1 Å². The average molecular weight is 280 g/mol. The molecule has 2 aromatic rings. The molecule has 4 heteroatoms. The van der Waals surface area contributed by atoms with Crippen LogP contribution in [-0.4, -0.2) is 22.6 Å². The number of aromatic nitrogens is 2. The van der Waals surface area contributed by atoms with Crippen LogP contribution in [0.2, 0.25) is 0 Å². The Morgan fingerprint density at radius 3 is 3.31 bits per heavy atom. The molecule has 1 fully saturated rings. The summed E-state index contributed by atoms with van der Waals surface area (Å²) in [6.45, 7) is 3.40. The number of hydrogen-bond acceptors (Lipinski definition) is 2. The summed E-state index contributed by atoms with van der Waals surface area (Å²) < 4.78 is 3.21. The van der Waals surface area contributed by atoms with Crippen molar-refractivity contribution in [2.24, 2.45) is 5.92 Å². The highest BCUT2D eigenvalue weighted by molar-refractivity contribution is 9.10. The van der Waals surface area contributed by atoms with Crippen LogP contribution in [0.15, 0.2) is 29.1 Å². The molecule has 1 unspecified atom stereocenters. The van der Waals surface area contributed by atoms with Gasteiger partial charge >= 0.3 is 0 Å². The molecule has 0 aromatic carbocycles. The highest BCUT2D eigenvalue weighted by Gasteiger charge is 2.15. The topological polar surface area (TPSA) is 29.9 Å². The molecule has 3 rings (SSSR count). The second-order valence-electron chi connectivity index (χ2n) is 4.39. The van der Waals surface area contributed by atoms with Crippen LogP contribution in [0.1, 0.15) is 6.42 Å². The summed E-state index contributed by atoms with van der Waals surface area (Å²) in [4.78, 5) is 4.29. The molecule has 1 aliphatic heterocycles. The standard InChI is InChI=1S/C12H14BrN3/c13-12-5-10-2-4-16(11(10)7-15-12)8-9-1-3-14-6-9/h2,4-5,7,9,14H,1,3,6,8H2. The third-order valence-corrected chi connectivity index (χ3v) is 3.67. The van der Waals surface area contributed by atoms with Crippen molar-refractivity contribution in [3.63, 3.8) is 0 Å². The van der Waals surface area contributed by atoms with Crippen LogP contribution >= 0.6 is 15.9 Å². The van der Waals surface area contributed by atoms with Crippen LogP contribution in [0.5, 0.6) is 0 Å². The third kappa shape index (κ3) is 1.87. The van der Waals surface area contributed by atoms with Crippen LogP contribution in [0, 0.1) is 5.92 Å². The van der Waals surface area contributed by atoms with E-state index in [9.17, 15) is 0 Å². The molecule has 1 aliphatic rings. The van der Waals surface area contributed by atoms with Crippen molar-refractivity contribution in [2.75, 3.05) is 13.1 Å². The Kier molecular flexibility index (Phi) is 2.69. The summed E-state index contributed by atoms with van der Waals surface area (Å²) in [5.41, 5.74) is 1.23. The zero-order chi connectivity index (χ0) is 11.0. The van der Waals surface area contributed by atoms with E-state index in [1.165, 1.54) is 17.3 Å². The lowest BCUT2D eigenvalue weighted by Crippen LogP contribution is -2.13. The van der Waals surface area contributed by atoms with Crippen molar-refractivity contribution < 1.29 is 0 Å². The quantitative estimate of drug-likeness (QED) is 0.856. The van der Waals surface area contributed by atoms with Gasteiger partial charge in [0.15, 0.2) is 0 Å². The van der Waals surface area contributed by atoms with Gasteiger partial charge in [0.2, 0.25) is 0 Å². The van der Waals surface area contributed by atoms with E-state index in [0.717, 1.165) is 30.2 Å². The van der Waals surface area contributed by atoms with Crippen molar-refractivity contribution in [3.05, 3.63) is 29.1 Å². The molecule has 1 saturated heterocycles. The molecule has 84 valence electrons. The van der Waals surface area contributed by atoms with Gasteiger partial charge in [0.05, 0.1) is 11.7 Å². The van der Waals surface area contributed by atoms with Crippen molar-refractivity contribution in [2.45, 2.75) is 13.0 Å². The maximum atomic E-state index is 4.29. The molecule has 3 nitrogen and oxygen atoms in total. The minimum Gasteiger partial charge on any atom is -0.346 e. The molecular formula is C12H14BrN3. The van der Waals surface area contributed by atoms with E-state index in [1.54, 1.807) is 0 Å². The van der Waals surface area contributed by atoms with E-state index in [-0.39, 0.29) is 0 Å². The number of halogens is 1. The zero-order valence-corrected chi connectivity index (χ0v) is 10.6. The SMILES string of the molecule is Brc1cc2ccn(CC3CCNC3)c2cn1. The predicted octanol–water partition coefficient (Wildman–Crippen LogP) is 2.41. The van der Waals surface area contributed by atoms with Crippen LogP contribution in [-0.2, 0) is 6.54 Å². The molecule has 0 saturated carbocycles. The first-order valence-corrected chi connectivity index (χ1v) is 6.43. The monoisotopic (exact) mass is 279 g/mol. The second kappa shape index (κ2) is 4.18. The fourth-order valence-corrected chi connectivity index (χ4v) is 2.72. The van der Waals surface area contributed by atoms with E-state index in [4.69, 9.17) is 0 Å². The summed E-state index contributed by atoms with van der Waals surface area (Å²) in [6.07, 6.45) is 5.39. The van der Waals surface area contributed by atoms with Crippen LogP contribution in [0.4, 0.5) is 0 Å². The Bertz CT molecular complexity index is 500. The molecule has 0 spiro atoms. The van der Waals surface area contributed by atoms with Crippen molar-refractivity contribution in [1.29, 1.82) is 0 Å². The van der Waals surface area contributed by atoms with Gasteiger partial charge in [-0.2, -0.15) is 0 Å². The maximum absolute atomic E-state index is 4.29. The maximum Gasteiger partial charge on any atom is 0.106 e. The Morgan fingerprint density at radius 2 is 2.50 bits per heavy atom. The summed E-state index contributed by atoms with van der Waals surface area (Å²) in [5, 5.41) is 4.66. The number of hydrogen-bond donors (Lipinski definition) is 1. The molecule has 0 aliphatic carbocycles. The fraction of sp³-hybridized carbons (Fsp3) is 0.417. The summed E-state index contributed by atoms with van der Waals surface area (Å²) in [5.74, 6) is 0.763. The van der Waals surface area contributed by atoms with Gasteiger partial charge in [0.25, 0.3) is 0 Å². The van der Waals surface area contributed by atoms with Crippen molar-refractivity contribution in [3.8, 4) is 0 Å². The van der Waals surface area contributed by atoms with Crippen LogP contribution < -0.4 is 5.32 Å². The molecule has 3 heterocycles. The summed E-state index contributed by atoms with van der Waals surface area (Å²) in [7, 11) is 0. The van der Waals surface area contributed by atoms with Gasteiger partial charge in [0, 0.05) is 18.1 Å². The zero-order valence-electron chi connectivity index (χ0n) is 8.99. The number of rotatable bonds is 2. The molecule has 0 bridgehead atoms. The van der Waals surface area contributed by atoms with Gasteiger partial charge in [-0.25, -0.2) is 4.98 Å². The lowest BCUT2D eigenvalue weighted by molar-refractivity contribution is 0.491. The molecule has 0 radical (unpaired) electrons. The second-order valence-corrected chi connectivity index (χ2v) is 5.21. The van der Waals surface area contributed by atoms with Gasteiger partial charge in [-0.05, 0) is 53.5 Å². The van der Waals surface area contributed by atoms with Gasteiger partial charge in [-0.15, -0.1) is 0 Å². The molecule has 1 N–H and O–H groups in total. The van der Waals surface area contributed by atoms with Crippen molar-refractivity contribution >= 4 is 26.8 Å². The van der Waals surface area contributed by atoms with Gasteiger partial charge in [-0.3, -0.25) is 0 Å². The highest BCUT2D eigenvalue weighted by Crippen LogP contribution is 2.20. The van der Waals surface area contributed by atoms with Gasteiger partial charge < -0.3 is 9.88 Å². The van der Waals surface area contributed by atoms with Gasteiger partial charge in [0.1, 0.15) is 4.60 Å². The van der Waals surface area contributed by atoms with Crippen LogP contribution in [0.25, 0.3) is 10.9 Å². The predicted molar refractivity (Wildman–Crippen MR) is 68.4 cm³/mol. The lowest BCUT2D eigenvalue weighted by Gasteiger charge is -2.10. The number of pyridine rings is 1. The average Bonchev–Trinajstić information content (AvgIpc) is 2.89. The van der Waals surface area contributed by atoms with E-state index in [1.807, 2.05) is 6.20 Å². The number of nitrogens with one attached hydrogen (secondary N) is 1. The minimum atomic E-state index is 0.763. The summed E-state index contributed by atoms with van der Waals surface area (Å²) >= 11 is 3.40. The Morgan fingerprint density at radius 1 is 1.56 bits per heavy atom. The van der Waals surface area contributed by atoms with E-state index < -0.39 is 0 Å². The first-order chi connectivity index (χ1) is 7.83.